The minimum absolute atomic E-state index is 0.175. The second-order valence-electron chi connectivity index (χ2n) is 6.98. The Kier molecular flexibility index (Phi) is 5.20. The molecule has 3 aromatic rings. The van der Waals surface area contributed by atoms with E-state index < -0.39 is 0 Å². The van der Waals surface area contributed by atoms with Crippen molar-refractivity contribution in [3.63, 3.8) is 0 Å². The largest absolute Gasteiger partial charge is 0.377 e. The van der Waals surface area contributed by atoms with Gasteiger partial charge in [-0.2, -0.15) is 0 Å². The first-order valence-electron chi connectivity index (χ1n) is 9.17. The number of nitrogens with zero attached hydrogens (tertiary/aromatic N) is 1. The molecule has 1 aromatic carbocycles. The van der Waals surface area contributed by atoms with Crippen LogP contribution in [0.4, 0.5) is 0 Å². The maximum atomic E-state index is 13.2. The number of benzene rings is 1. The molecule has 26 heavy (non-hydrogen) atoms. The van der Waals surface area contributed by atoms with E-state index in [0.717, 1.165) is 54.7 Å². The van der Waals surface area contributed by atoms with E-state index in [9.17, 15) is 4.79 Å². The number of ether oxygens (including phenoxy) is 1. The van der Waals surface area contributed by atoms with Gasteiger partial charge in [-0.05, 0) is 37.3 Å². The summed E-state index contributed by atoms with van der Waals surface area (Å²) in [4.78, 5) is 20.0. The van der Waals surface area contributed by atoms with Gasteiger partial charge in [0, 0.05) is 46.7 Å². The van der Waals surface area contributed by atoms with Crippen molar-refractivity contribution in [2.24, 2.45) is 0 Å². The Balaban J connectivity index is 1.55. The van der Waals surface area contributed by atoms with E-state index in [0.29, 0.717) is 6.54 Å². The number of hydrogen-bond donors (Lipinski definition) is 1. The summed E-state index contributed by atoms with van der Waals surface area (Å²) in [6.45, 7) is 4.85. The van der Waals surface area contributed by atoms with E-state index in [1.165, 1.54) is 4.88 Å². The van der Waals surface area contributed by atoms with Crippen molar-refractivity contribution >= 4 is 28.0 Å². The Hall–Kier alpha value is -1.95. The number of fused-ring (bicyclic) bond motifs is 1. The molecule has 2 aromatic heterocycles. The van der Waals surface area contributed by atoms with Crippen LogP contribution < -0.4 is 0 Å². The highest BCUT2D eigenvalue weighted by molar-refractivity contribution is 7.09. The first-order valence-corrected chi connectivity index (χ1v) is 10.1. The molecule has 3 heterocycles. The number of rotatable bonds is 7. The monoisotopic (exact) mass is 368 g/mol. The molecule has 0 bridgehead atoms. The molecule has 4 nitrogen and oxygen atoms in total. The number of aryl methyl sites for hydroxylation is 1. The van der Waals surface area contributed by atoms with E-state index in [4.69, 9.17) is 4.74 Å². The molecule has 0 radical (unpaired) electrons. The number of aromatic nitrogens is 1. The zero-order valence-corrected chi connectivity index (χ0v) is 15.8. The van der Waals surface area contributed by atoms with Gasteiger partial charge in [-0.15, -0.1) is 11.3 Å². The van der Waals surface area contributed by atoms with Crippen LogP contribution in [0.1, 0.15) is 33.8 Å². The average Bonchev–Trinajstić information content (AvgIpc) is 3.35. The standard InChI is InChI=1S/C21H24N2O2S/c1-15-21(18-8-2-3-9-19(18)22-15)20(24)14-23(12-16-6-4-10-25-16)13-17-7-5-11-26-17/h2-3,5,7-9,11,16,22H,4,6,10,12-14H2,1H3. The third-order valence-corrected chi connectivity index (χ3v) is 5.85. The van der Waals surface area contributed by atoms with E-state index in [1.54, 1.807) is 11.3 Å². The fourth-order valence-electron chi connectivity index (χ4n) is 3.80. The molecule has 1 unspecified atom stereocenters. The van der Waals surface area contributed by atoms with Crippen molar-refractivity contribution in [3.05, 3.63) is 57.9 Å². The summed E-state index contributed by atoms with van der Waals surface area (Å²) in [6.07, 6.45) is 2.45. The summed E-state index contributed by atoms with van der Waals surface area (Å²) in [6, 6.07) is 12.2. The fraction of sp³-hybridized carbons (Fsp3) is 0.381. The van der Waals surface area contributed by atoms with Crippen molar-refractivity contribution in [3.8, 4) is 0 Å². The molecule has 136 valence electrons. The topological polar surface area (TPSA) is 45.3 Å². The van der Waals surface area contributed by atoms with E-state index >= 15 is 0 Å². The third kappa shape index (κ3) is 3.75. The molecule has 1 aliphatic rings. The van der Waals surface area contributed by atoms with Gasteiger partial charge in [0.25, 0.3) is 0 Å². The molecule has 5 heteroatoms. The van der Waals surface area contributed by atoms with Crippen LogP contribution >= 0.6 is 11.3 Å². The summed E-state index contributed by atoms with van der Waals surface area (Å²) in [5.41, 5.74) is 2.80. The van der Waals surface area contributed by atoms with E-state index in [2.05, 4.69) is 27.4 Å². The smallest absolute Gasteiger partial charge is 0.179 e. The molecule has 1 fully saturated rings. The predicted octanol–water partition coefficient (Wildman–Crippen LogP) is 4.40. The average molecular weight is 369 g/mol. The number of carbonyl (C=O) groups is 1. The third-order valence-electron chi connectivity index (χ3n) is 4.98. The van der Waals surface area contributed by atoms with E-state index in [1.807, 2.05) is 31.2 Å². The Morgan fingerprint density at radius 1 is 1.31 bits per heavy atom. The predicted molar refractivity (Wildman–Crippen MR) is 106 cm³/mol. The van der Waals surface area contributed by atoms with Gasteiger partial charge in [-0.25, -0.2) is 0 Å². The summed E-state index contributed by atoms with van der Waals surface area (Å²) in [5, 5.41) is 3.11. The van der Waals surface area contributed by atoms with E-state index in [-0.39, 0.29) is 11.9 Å². The molecule has 1 saturated heterocycles. The minimum Gasteiger partial charge on any atom is -0.377 e. The van der Waals surface area contributed by atoms with Crippen LogP contribution in [0.5, 0.6) is 0 Å². The van der Waals surface area contributed by atoms with Crippen LogP contribution in [0.2, 0.25) is 0 Å². The highest BCUT2D eigenvalue weighted by atomic mass is 32.1. The lowest BCUT2D eigenvalue weighted by molar-refractivity contribution is 0.0653. The number of H-pyrrole nitrogens is 1. The van der Waals surface area contributed by atoms with Crippen molar-refractivity contribution in [1.82, 2.24) is 9.88 Å². The summed E-state index contributed by atoms with van der Waals surface area (Å²) in [5.74, 6) is 0.175. The number of Topliss-reactive ketones (excluding diaryl/α,β-unsaturated/α-hetero) is 1. The second-order valence-corrected chi connectivity index (χ2v) is 8.01. The van der Waals surface area contributed by atoms with Crippen LogP contribution in [0.3, 0.4) is 0 Å². The fourth-order valence-corrected chi connectivity index (χ4v) is 4.55. The first-order chi connectivity index (χ1) is 12.7. The van der Waals surface area contributed by atoms with Gasteiger partial charge < -0.3 is 9.72 Å². The Morgan fingerprint density at radius 3 is 2.96 bits per heavy atom. The zero-order valence-electron chi connectivity index (χ0n) is 15.0. The SMILES string of the molecule is Cc1[nH]c2ccccc2c1C(=O)CN(Cc1cccs1)CC1CCCO1. The molecule has 1 N–H and O–H groups in total. The van der Waals surface area contributed by atoms with Gasteiger partial charge in [0.15, 0.2) is 5.78 Å². The van der Waals surface area contributed by atoms with Gasteiger partial charge in [0.2, 0.25) is 0 Å². The van der Waals surface area contributed by atoms with Gasteiger partial charge in [0.05, 0.1) is 12.6 Å². The lowest BCUT2D eigenvalue weighted by Crippen LogP contribution is -2.35. The van der Waals surface area contributed by atoms with Crippen LogP contribution in [-0.2, 0) is 11.3 Å². The molecule has 0 aliphatic carbocycles. The molecule has 4 rings (SSSR count). The molecular formula is C21H24N2O2S. The van der Waals surface area contributed by atoms with Crippen molar-refractivity contribution in [2.45, 2.75) is 32.4 Å². The number of nitrogens with one attached hydrogen (secondary N) is 1. The van der Waals surface area contributed by atoms with Crippen LogP contribution in [-0.4, -0.2) is 41.5 Å². The number of thiophene rings is 1. The van der Waals surface area contributed by atoms with Crippen LogP contribution in [0, 0.1) is 6.92 Å². The maximum Gasteiger partial charge on any atom is 0.179 e. The normalized spacial score (nSPS) is 17.4. The number of aromatic amines is 1. The summed E-state index contributed by atoms with van der Waals surface area (Å²) >= 11 is 1.74. The number of ketones is 1. The Labute approximate surface area is 157 Å². The van der Waals surface area contributed by atoms with Gasteiger partial charge in [-0.3, -0.25) is 9.69 Å². The molecule has 1 aliphatic heterocycles. The van der Waals surface area contributed by atoms with Crippen LogP contribution in [0.15, 0.2) is 41.8 Å². The highest BCUT2D eigenvalue weighted by Gasteiger charge is 2.23. The first kappa shape index (κ1) is 17.5. The molecule has 0 spiro atoms. The van der Waals surface area contributed by atoms with Crippen LogP contribution in [0.25, 0.3) is 10.9 Å². The van der Waals surface area contributed by atoms with Crippen molar-refractivity contribution in [2.75, 3.05) is 19.7 Å². The molecular weight excluding hydrogens is 344 g/mol. The van der Waals surface area contributed by atoms with Crippen molar-refractivity contribution in [1.29, 1.82) is 0 Å². The Bertz CT molecular complexity index is 879. The van der Waals surface area contributed by atoms with Crippen molar-refractivity contribution < 1.29 is 9.53 Å². The minimum atomic E-state index is 0.175. The van der Waals surface area contributed by atoms with Gasteiger partial charge in [0.1, 0.15) is 0 Å². The molecule has 0 amide bonds. The lowest BCUT2D eigenvalue weighted by Gasteiger charge is -2.24. The molecule has 0 saturated carbocycles. The van der Waals surface area contributed by atoms with Gasteiger partial charge >= 0.3 is 0 Å². The quantitative estimate of drug-likeness (QED) is 0.629. The lowest BCUT2D eigenvalue weighted by atomic mass is 10.1. The molecule has 1 atom stereocenters. The number of carbonyl (C=O) groups excluding carboxylic acids is 1. The number of para-hydroxylation sites is 1. The highest BCUT2D eigenvalue weighted by Crippen LogP contribution is 2.24. The maximum absolute atomic E-state index is 13.2. The summed E-state index contributed by atoms with van der Waals surface area (Å²) in [7, 11) is 0. The number of hydrogen-bond acceptors (Lipinski definition) is 4. The Morgan fingerprint density at radius 2 is 2.19 bits per heavy atom. The zero-order chi connectivity index (χ0) is 17.9. The second kappa shape index (κ2) is 7.74. The van der Waals surface area contributed by atoms with Gasteiger partial charge in [-0.1, -0.05) is 24.3 Å². The summed E-state index contributed by atoms with van der Waals surface area (Å²) < 4.78 is 5.81.